The van der Waals surface area contributed by atoms with Crippen molar-refractivity contribution in [3.05, 3.63) is 126 Å². The first-order valence-electron chi connectivity index (χ1n) is 11.9. The van der Waals surface area contributed by atoms with Crippen LogP contribution in [0.5, 0.6) is 5.75 Å². The summed E-state index contributed by atoms with van der Waals surface area (Å²) in [7, 11) is 0. The Morgan fingerprint density at radius 3 is 1.51 bits per heavy atom. The number of hydrogen-bond donors (Lipinski definition) is 0. The van der Waals surface area contributed by atoms with Gasteiger partial charge in [0, 0.05) is 10.8 Å². The Balaban J connectivity index is 1.32. The van der Waals surface area contributed by atoms with Crippen LogP contribution in [0.25, 0.3) is 10.8 Å². The summed E-state index contributed by atoms with van der Waals surface area (Å²) in [5.41, 5.74) is 5.68. The summed E-state index contributed by atoms with van der Waals surface area (Å²) in [5.74, 6) is 0.0405. The highest BCUT2D eigenvalue weighted by molar-refractivity contribution is 5.99. The lowest BCUT2D eigenvalue weighted by molar-refractivity contribution is 0.0735. The van der Waals surface area contributed by atoms with Gasteiger partial charge in [0.1, 0.15) is 5.75 Å². The zero-order valence-electron chi connectivity index (χ0n) is 20.5. The van der Waals surface area contributed by atoms with Crippen molar-refractivity contribution in [1.82, 2.24) is 0 Å². The number of hydrogen-bond acceptors (Lipinski definition) is 6. The van der Waals surface area contributed by atoms with Crippen LogP contribution in [-0.2, 0) is 0 Å². The van der Waals surface area contributed by atoms with Gasteiger partial charge in [-0.05, 0) is 74.5 Å². The van der Waals surface area contributed by atoms with Crippen LogP contribution in [0, 0.1) is 13.8 Å². The number of rotatable bonds is 6. The van der Waals surface area contributed by atoms with Gasteiger partial charge in [-0.3, -0.25) is 0 Å². The first kappa shape index (κ1) is 23.8. The lowest BCUT2D eigenvalue weighted by atomic mass is 10.1. The molecule has 180 valence electrons. The molecule has 37 heavy (non-hydrogen) atoms. The Morgan fingerprint density at radius 2 is 1.00 bits per heavy atom. The molecule has 6 heteroatoms. The molecule has 0 fully saturated rings. The van der Waals surface area contributed by atoms with Crippen molar-refractivity contribution in [1.29, 1.82) is 0 Å². The fraction of sp³-hybridized carbons (Fsp3) is 0.0645. The van der Waals surface area contributed by atoms with Crippen molar-refractivity contribution in [2.24, 2.45) is 20.5 Å². The van der Waals surface area contributed by atoms with E-state index in [1.807, 2.05) is 86.6 Å². The molecule has 6 nitrogen and oxygen atoms in total. The van der Waals surface area contributed by atoms with Crippen LogP contribution in [-0.4, -0.2) is 5.97 Å². The summed E-state index contributed by atoms with van der Waals surface area (Å²) in [5, 5.41) is 19.5. The summed E-state index contributed by atoms with van der Waals surface area (Å²) in [6.07, 6.45) is 0. The molecule has 5 rings (SSSR count). The molecule has 0 aliphatic rings. The second kappa shape index (κ2) is 10.7. The smallest absolute Gasteiger partial charge is 0.343 e. The number of ether oxygens (including phenoxy) is 1. The number of nitrogens with zero attached hydrogens (tertiary/aromatic N) is 4. The van der Waals surface area contributed by atoms with Crippen LogP contribution in [0.1, 0.15) is 21.5 Å². The summed E-state index contributed by atoms with van der Waals surface area (Å²) in [6, 6.07) is 33.8. The van der Waals surface area contributed by atoms with Gasteiger partial charge in [0.2, 0.25) is 0 Å². The minimum absolute atomic E-state index is 0.402. The van der Waals surface area contributed by atoms with Gasteiger partial charge in [-0.15, -0.1) is 10.2 Å². The van der Waals surface area contributed by atoms with Crippen LogP contribution >= 0.6 is 0 Å². The predicted octanol–water partition coefficient (Wildman–Crippen LogP) is 9.51. The van der Waals surface area contributed by atoms with Crippen LogP contribution in [0.15, 0.2) is 130 Å². The number of fused-ring (bicyclic) bond motifs is 1. The molecule has 0 N–H and O–H groups in total. The largest absolute Gasteiger partial charge is 0.423 e. The number of carbonyl (C=O) groups is 1. The molecule has 0 radical (unpaired) electrons. The fourth-order valence-corrected chi connectivity index (χ4v) is 3.71. The lowest BCUT2D eigenvalue weighted by Crippen LogP contribution is -2.08. The molecule has 0 aliphatic heterocycles. The predicted molar refractivity (Wildman–Crippen MR) is 146 cm³/mol. The zero-order valence-corrected chi connectivity index (χ0v) is 20.5. The number of esters is 1. The highest BCUT2D eigenvalue weighted by Gasteiger charge is 2.09. The Kier molecular flexibility index (Phi) is 6.90. The van der Waals surface area contributed by atoms with Crippen molar-refractivity contribution in [2.75, 3.05) is 0 Å². The van der Waals surface area contributed by atoms with Crippen LogP contribution < -0.4 is 4.74 Å². The van der Waals surface area contributed by atoms with E-state index in [2.05, 4.69) is 20.5 Å². The van der Waals surface area contributed by atoms with Crippen LogP contribution in [0.3, 0.4) is 0 Å². The third-order valence-corrected chi connectivity index (χ3v) is 5.79. The van der Waals surface area contributed by atoms with Gasteiger partial charge in [0.15, 0.2) is 0 Å². The van der Waals surface area contributed by atoms with Crippen LogP contribution in [0.4, 0.5) is 22.7 Å². The molecular weight excluding hydrogens is 460 g/mol. The van der Waals surface area contributed by atoms with Crippen molar-refractivity contribution in [2.45, 2.75) is 13.8 Å². The minimum Gasteiger partial charge on any atom is -0.423 e. The van der Waals surface area contributed by atoms with E-state index < -0.39 is 5.97 Å². The zero-order chi connectivity index (χ0) is 25.6. The minimum atomic E-state index is -0.402. The monoisotopic (exact) mass is 484 g/mol. The molecule has 0 amide bonds. The third-order valence-electron chi connectivity index (χ3n) is 5.79. The Hall–Kier alpha value is -4.97. The van der Waals surface area contributed by atoms with Gasteiger partial charge in [0.05, 0.1) is 28.3 Å². The topological polar surface area (TPSA) is 75.7 Å². The Labute approximate surface area is 215 Å². The lowest BCUT2D eigenvalue weighted by Gasteiger charge is -2.05. The van der Waals surface area contributed by atoms with Crippen molar-refractivity contribution >= 4 is 39.5 Å². The summed E-state index contributed by atoms with van der Waals surface area (Å²) in [4.78, 5) is 12.3. The van der Waals surface area contributed by atoms with Crippen molar-refractivity contribution in [3.63, 3.8) is 0 Å². The average molecular weight is 485 g/mol. The maximum absolute atomic E-state index is 12.3. The van der Waals surface area contributed by atoms with E-state index in [-0.39, 0.29) is 0 Å². The maximum Gasteiger partial charge on any atom is 0.343 e. The third kappa shape index (κ3) is 5.82. The van der Waals surface area contributed by atoms with Crippen molar-refractivity contribution < 1.29 is 9.53 Å². The van der Waals surface area contributed by atoms with Gasteiger partial charge >= 0.3 is 5.97 Å². The van der Waals surface area contributed by atoms with E-state index in [1.54, 1.807) is 36.4 Å². The maximum atomic E-state index is 12.3. The van der Waals surface area contributed by atoms with Crippen LogP contribution in [0.2, 0.25) is 0 Å². The SMILES string of the molecule is Cc1ccc(N=Nc2ccc(N=Nc3ccc(OC(=O)c4ccc(C)cc4)cc3)c3ccccc23)cc1. The summed E-state index contributed by atoms with van der Waals surface area (Å²) >= 11 is 0. The number of benzene rings is 5. The molecule has 0 atom stereocenters. The number of azo groups is 2. The van der Waals surface area contributed by atoms with Gasteiger partial charge < -0.3 is 4.74 Å². The molecule has 5 aromatic rings. The molecular formula is C31H24N4O2. The molecule has 0 spiro atoms. The normalized spacial score (nSPS) is 11.4. The highest BCUT2D eigenvalue weighted by Crippen LogP contribution is 2.35. The Bertz CT molecular complexity index is 1610. The van der Waals surface area contributed by atoms with E-state index in [9.17, 15) is 4.79 Å². The first-order valence-corrected chi connectivity index (χ1v) is 11.9. The van der Waals surface area contributed by atoms with Crippen molar-refractivity contribution in [3.8, 4) is 5.75 Å². The second-order valence-electron chi connectivity index (χ2n) is 8.63. The van der Waals surface area contributed by atoms with E-state index >= 15 is 0 Å². The molecule has 0 saturated carbocycles. The molecule has 0 heterocycles. The Morgan fingerprint density at radius 1 is 0.541 bits per heavy atom. The highest BCUT2D eigenvalue weighted by atomic mass is 16.5. The van der Waals surface area contributed by atoms with Gasteiger partial charge in [-0.1, -0.05) is 59.7 Å². The van der Waals surface area contributed by atoms with Gasteiger partial charge in [-0.2, -0.15) is 10.2 Å². The number of aryl methyl sites for hydroxylation is 2. The standard InChI is InChI=1S/C31H24N4O2/c1-21-7-11-23(12-8-21)31(36)37-26-17-15-25(16-18-26)33-35-30-20-19-29(27-5-3-4-6-28(27)30)34-32-24-13-9-22(2)10-14-24/h3-20H,1-2H3. The summed E-state index contributed by atoms with van der Waals surface area (Å²) in [6.45, 7) is 4.01. The quantitative estimate of drug-likeness (QED) is 0.137. The molecule has 0 bridgehead atoms. The molecule has 0 saturated heterocycles. The number of carbonyl (C=O) groups excluding carboxylic acids is 1. The molecule has 0 aromatic heterocycles. The van der Waals surface area contributed by atoms with E-state index in [0.29, 0.717) is 17.0 Å². The second-order valence-corrected chi connectivity index (χ2v) is 8.63. The first-order chi connectivity index (χ1) is 18.0. The molecule has 5 aromatic carbocycles. The van der Waals surface area contributed by atoms with E-state index in [4.69, 9.17) is 4.74 Å². The van der Waals surface area contributed by atoms with E-state index in [0.717, 1.165) is 33.4 Å². The van der Waals surface area contributed by atoms with E-state index in [1.165, 1.54) is 5.56 Å². The molecule has 0 aliphatic carbocycles. The van der Waals surface area contributed by atoms with Gasteiger partial charge in [-0.25, -0.2) is 4.79 Å². The molecule has 0 unspecified atom stereocenters. The summed E-state index contributed by atoms with van der Waals surface area (Å²) < 4.78 is 5.46. The fourth-order valence-electron chi connectivity index (χ4n) is 3.71. The van der Waals surface area contributed by atoms with Gasteiger partial charge in [0.25, 0.3) is 0 Å². The average Bonchev–Trinajstić information content (AvgIpc) is 2.93.